The lowest BCUT2D eigenvalue weighted by atomic mass is 9.39. The van der Waals surface area contributed by atoms with Gasteiger partial charge in [-0.15, -0.1) is 0 Å². The van der Waals surface area contributed by atoms with Crippen molar-refractivity contribution < 1.29 is 23.4 Å². The first-order valence-corrected chi connectivity index (χ1v) is 6.30. The van der Waals surface area contributed by atoms with Crippen LogP contribution < -0.4 is 10.1 Å². The number of carbonyl (C=O) groups is 1. The maximum atomic E-state index is 12.4. The number of halogens is 2. The number of nitrogens with zero attached hydrogens (tertiary/aromatic N) is 1. The van der Waals surface area contributed by atoms with Crippen LogP contribution in [-0.4, -0.2) is 28.3 Å². The molecule has 5 nitrogen and oxygen atoms in total. The topological polar surface area (TPSA) is 71.5 Å². The molecule has 0 atom stereocenters. The van der Waals surface area contributed by atoms with Gasteiger partial charge in [-0.2, -0.15) is 0 Å². The van der Waals surface area contributed by atoms with Crippen LogP contribution in [0.1, 0.15) is 31.3 Å². The number of aromatic nitrogens is 1. The Morgan fingerprint density at radius 2 is 2.15 bits per heavy atom. The summed E-state index contributed by atoms with van der Waals surface area (Å²) in [4.78, 5) is 14.4. The van der Waals surface area contributed by atoms with E-state index in [2.05, 4.69) is 10.3 Å². The third-order valence-corrected chi connectivity index (χ3v) is 4.05. The number of amides is 1. The predicted molar refractivity (Wildman–Crippen MR) is 64.9 cm³/mol. The largest absolute Gasteiger partial charge is 0.477 e. The Hall–Kier alpha value is -1.92. The molecule has 3 saturated carbocycles. The zero-order chi connectivity index (χ0) is 14.4. The van der Waals surface area contributed by atoms with Crippen molar-refractivity contribution >= 4 is 6.09 Å². The minimum atomic E-state index is -2.53. The molecule has 0 radical (unpaired) electrons. The van der Waals surface area contributed by atoms with Gasteiger partial charge in [0.1, 0.15) is 0 Å². The van der Waals surface area contributed by atoms with Gasteiger partial charge in [-0.05, 0) is 25.3 Å². The molecule has 0 saturated heterocycles. The minimum Gasteiger partial charge on any atom is -0.477 e. The standard InChI is InChI=1S/C13H14F2N2O3/c14-10(15)8-1-2-9(16-3-8)20-7-12-4-13(5-12,6-12)17-11(18)19/h1-3,10,17H,4-7H2,(H,18,19). The Labute approximate surface area is 114 Å². The second-order valence-corrected chi connectivity index (χ2v) is 5.76. The van der Waals surface area contributed by atoms with E-state index >= 15 is 0 Å². The highest BCUT2D eigenvalue weighted by atomic mass is 19.3. The van der Waals surface area contributed by atoms with Gasteiger partial charge in [0.2, 0.25) is 5.88 Å². The maximum absolute atomic E-state index is 12.4. The maximum Gasteiger partial charge on any atom is 0.405 e. The molecule has 7 heteroatoms. The lowest BCUT2D eigenvalue weighted by molar-refractivity contribution is -0.168. The quantitative estimate of drug-likeness (QED) is 0.871. The van der Waals surface area contributed by atoms with Crippen LogP contribution in [0.15, 0.2) is 18.3 Å². The molecule has 1 amide bonds. The van der Waals surface area contributed by atoms with E-state index in [0.29, 0.717) is 12.5 Å². The summed E-state index contributed by atoms with van der Waals surface area (Å²) in [6.07, 6.45) is -0.126. The summed E-state index contributed by atoms with van der Waals surface area (Å²) in [5, 5.41) is 11.2. The van der Waals surface area contributed by atoms with E-state index in [-0.39, 0.29) is 16.5 Å². The van der Waals surface area contributed by atoms with Crippen LogP contribution in [0, 0.1) is 5.41 Å². The fourth-order valence-electron chi connectivity index (χ4n) is 3.34. The van der Waals surface area contributed by atoms with E-state index in [4.69, 9.17) is 9.84 Å². The summed E-state index contributed by atoms with van der Waals surface area (Å²) in [6, 6.07) is 2.72. The predicted octanol–water partition coefficient (Wildman–Crippen LogP) is 2.59. The van der Waals surface area contributed by atoms with E-state index in [1.54, 1.807) is 0 Å². The number of nitrogens with one attached hydrogen (secondary N) is 1. The van der Waals surface area contributed by atoms with Crippen LogP contribution in [-0.2, 0) is 0 Å². The molecule has 108 valence electrons. The normalized spacial score (nSPS) is 30.4. The molecule has 0 aliphatic heterocycles. The summed E-state index contributed by atoms with van der Waals surface area (Å²) in [6.45, 7) is 0.442. The highest BCUT2D eigenvalue weighted by Crippen LogP contribution is 2.67. The van der Waals surface area contributed by atoms with Gasteiger partial charge in [-0.1, -0.05) is 0 Å². The van der Waals surface area contributed by atoms with Crippen molar-refractivity contribution in [2.45, 2.75) is 31.2 Å². The van der Waals surface area contributed by atoms with E-state index in [0.717, 1.165) is 25.5 Å². The van der Waals surface area contributed by atoms with Gasteiger partial charge in [0, 0.05) is 28.8 Å². The molecule has 3 aliphatic carbocycles. The fourth-order valence-corrected chi connectivity index (χ4v) is 3.34. The van der Waals surface area contributed by atoms with Crippen molar-refractivity contribution in [1.82, 2.24) is 10.3 Å². The molecule has 20 heavy (non-hydrogen) atoms. The SMILES string of the molecule is O=C(O)NC12CC(COc3ccc(C(F)F)cn3)(C1)C2. The molecule has 2 bridgehead atoms. The summed E-state index contributed by atoms with van der Waals surface area (Å²) in [5.74, 6) is 0.319. The molecule has 0 spiro atoms. The van der Waals surface area contributed by atoms with Crippen molar-refractivity contribution in [2.24, 2.45) is 5.41 Å². The zero-order valence-corrected chi connectivity index (χ0v) is 10.6. The Bertz CT molecular complexity index is 513. The van der Waals surface area contributed by atoms with Crippen LogP contribution in [0.25, 0.3) is 0 Å². The molecular formula is C13H14F2N2O3. The molecule has 0 unspecified atom stereocenters. The van der Waals surface area contributed by atoms with Gasteiger partial charge in [0.05, 0.1) is 6.61 Å². The van der Waals surface area contributed by atoms with Gasteiger partial charge in [-0.3, -0.25) is 0 Å². The lowest BCUT2D eigenvalue weighted by Gasteiger charge is -2.69. The number of pyridine rings is 1. The first-order valence-electron chi connectivity index (χ1n) is 6.30. The number of alkyl halides is 2. The molecule has 4 rings (SSSR count). The molecule has 3 fully saturated rings. The Balaban J connectivity index is 1.49. The fraction of sp³-hybridized carbons (Fsp3) is 0.538. The average Bonchev–Trinajstić information content (AvgIpc) is 2.30. The summed E-state index contributed by atoms with van der Waals surface area (Å²) >= 11 is 0. The summed E-state index contributed by atoms with van der Waals surface area (Å²) in [7, 11) is 0. The van der Waals surface area contributed by atoms with Crippen LogP contribution in [0.3, 0.4) is 0 Å². The Kier molecular flexibility index (Phi) is 2.81. The van der Waals surface area contributed by atoms with E-state index in [9.17, 15) is 13.6 Å². The number of rotatable bonds is 5. The smallest absolute Gasteiger partial charge is 0.405 e. The van der Waals surface area contributed by atoms with Gasteiger partial charge in [0.15, 0.2) is 0 Å². The molecular weight excluding hydrogens is 270 g/mol. The molecule has 3 aliphatic rings. The summed E-state index contributed by atoms with van der Waals surface area (Å²) in [5.41, 5.74) is -0.374. The van der Waals surface area contributed by atoms with Crippen LogP contribution in [0.2, 0.25) is 0 Å². The van der Waals surface area contributed by atoms with Crippen LogP contribution >= 0.6 is 0 Å². The molecule has 1 aromatic rings. The van der Waals surface area contributed by atoms with Crippen molar-refractivity contribution in [1.29, 1.82) is 0 Å². The second kappa shape index (κ2) is 4.29. The Morgan fingerprint density at radius 1 is 1.45 bits per heavy atom. The third-order valence-electron chi connectivity index (χ3n) is 4.05. The molecule has 0 aromatic carbocycles. The number of hydrogen-bond donors (Lipinski definition) is 2. The van der Waals surface area contributed by atoms with E-state index in [1.165, 1.54) is 12.1 Å². The number of hydrogen-bond acceptors (Lipinski definition) is 3. The highest BCUT2D eigenvalue weighted by Gasteiger charge is 2.69. The summed E-state index contributed by atoms with van der Waals surface area (Å²) < 4.78 is 30.2. The number of ether oxygens (including phenoxy) is 1. The minimum absolute atomic E-state index is 0.0194. The van der Waals surface area contributed by atoms with E-state index in [1.807, 2.05) is 0 Å². The molecule has 1 heterocycles. The van der Waals surface area contributed by atoms with Crippen molar-refractivity contribution in [3.8, 4) is 5.88 Å². The zero-order valence-electron chi connectivity index (χ0n) is 10.6. The Morgan fingerprint density at radius 3 is 2.65 bits per heavy atom. The lowest BCUT2D eigenvalue weighted by Crippen LogP contribution is -2.76. The van der Waals surface area contributed by atoms with E-state index < -0.39 is 12.5 Å². The van der Waals surface area contributed by atoms with Gasteiger partial charge in [0.25, 0.3) is 6.43 Å². The second-order valence-electron chi connectivity index (χ2n) is 5.76. The first kappa shape index (κ1) is 13.1. The number of carboxylic acid groups (broad SMARTS) is 1. The molecule has 1 aromatic heterocycles. The van der Waals surface area contributed by atoms with Gasteiger partial charge < -0.3 is 15.2 Å². The highest BCUT2D eigenvalue weighted by molar-refractivity contribution is 5.66. The average molecular weight is 284 g/mol. The van der Waals surface area contributed by atoms with Crippen molar-refractivity contribution in [2.75, 3.05) is 6.61 Å². The molecule has 2 N–H and O–H groups in total. The third kappa shape index (κ3) is 2.17. The van der Waals surface area contributed by atoms with Crippen LogP contribution in [0.4, 0.5) is 13.6 Å². The van der Waals surface area contributed by atoms with Gasteiger partial charge in [-0.25, -0.2) is 18.6 Å². The van der Waals surface area contributed by atoms with Gasteiger partial charge >= 0.3 is 6.09 Å². The van der Waals surface area contributed by atoms with Crippen LogP contribution in [0.5, 0.6) is 5.88 Å². The first-order chi connectivity index (χ1) is 9.42. The monoisotopic (exact) mass is 284 g/mol. The van der Waals surface area contributed by atoms with Crippen molar-refractivity contribution in [3.63, 3.8) is 0 Å². The van der Waals surface area contributed by atoms with Crippen molar-refractivity contribution in [3.05, 3.63) is 23.9 Å².